The van der Waals surface area contributed by atoms with Gasteiger partial charge in [0.05, 0.1) is 11.4 Å². The fourth-order valence-corrected chi connectivity index (χ4v) is 3.92. The van der Waals surface area contributed by atoms with Crippen LogP contribution in [0.1, 0.15) is 43.5 Å². The van der Waals surface area contributed by atoms with Crippen molar-refractivity contribution in [3.05, 3.63) is 11.4 Å². The highest BCUT2D eigenvalue weighted by atomic mass is 32.2. The maximum Gasteiger partial charge on any atom is 0.266 e. The standard InChI is InChI=1S/C14H22B3N4OS2/c1-23-14(22)18-16-10-3-2-4-13-12(8-5-10)19-20-21(13)9-15-17-24-11-6-7-11/h10-11H,2-9H2,1H3,(H,18,22). The number of carbonyl (C=O) groups excluding carboxylic acids is 1. The third kappa shape index (κ3) is 5.51. The minimum Gasteiger partial charge on any atom is -0.394 e. The van der Waals surface area contributed by atoms with Crippen LogP contribution in [-0.4, -0.2) is 52.8 Å². The maximum atomic E-state index is 11.4. The molecule has 1 heterocycles. The van der Waals surface area contributed by atoms with Crippen LogP contribution in [0.3, 0.4) is 0 Å². The Bertz CT molecular complexity index is 556. The van der Waals surface area contributed by atoms with E-state index >= 15 is 0 Å². The normalized spacial score (nSPS) is 20.5. The van der Waals surface area contributed by atoms with E-state index in [0.717, 1.165) is 49.5 Å². The van der Waals surface area contributed by atoms with E-state index in [1.165, 1.54) is 30.3 Å². The molecule has 10 heteroatoms. The molecule has 1 unspecified atom stereocenters. The van der Waals surface area contributed by atoms with E-state index in [1.54, 1.807) is 6.26 Å². The van der Waals surface area contributed by atoms with Crippen molar-refractivity contribution in [1.29, 1.82) is 0 Å². The molecule has 0 saturated heterocycles. The summed E-state index contributed by atoms with van der Waals surface area (Å²) in [6.45, 7) is 0. The molecule has 0 aromatic carbocycles. The highest BCUT2D eigenvalue weighted by Crippen LogP contribution is 2.32. The van der Waals surface area contributed by atoms with Crippen molar-refractivity contribution in [3.8, 4) is 0 Å². The molecule has 24 heavy (non-hydrogen) atoms. The zero-order valence-corrected chi connectivity index (χ0v) is 15.7. The van der Waals surface area contributed by atoms with Crippen molar-refractivity contribution in [2.45, 2.75) is 62.5 Å². The van der Waals surface area contributed by atoms with E-state index in [2.05, 4.69) is 33.8 Å². The van der Waals surface area contributed by atoms with Crippen molar-refractivity contribution in [3.63, 3.8) is 0 Å². The number of carbonyl (C=O) groups is 1. The lowest BCUT2D eigenvalue weighted by Gasteiger charge is -2.19. The number of hydrogen-bond donors (Lipinski definition) is 1. The highest BCUT2D eigenvalue weighted by molar-refractivity contribution is 8.27. The second kappa shape index (κ2) is 9.27. The molecular formula is C14H22B3N4OS2. The lowest BCUT2D eigenvalue weighted by molar-refractivity contribution is 0.264. The molecule has 0 aliphatic heterocycles. The molecule has 1 amide bonds. The number of amides is 1. The van der Waals surface area contributed by atoms with Gasteiger partial charge in [0.2, 0.25) is 0 Å². The van der Waals surface area contributed by atoms with Gasteiger partial charge >= 0.3 is 0 Å². The lowest BCUT2D eigenvalue weighted by Crippen LogP contribution is -2.28. The van der Waals surface area contributed by atoms with Crippen molar-refractivity contribution >= 4 is 49.6 Å². The molecule has 1 saturated carbocycles. The van der Waals surface area contributed by atoms with Gasteiger partial charge in [-0.3, -0.25) is 9.48 Å². The molecule has 3 rings (SSSR count). The Morgan fingerprint density at radius 1 is 1.33 bits per heavy atom. The minimum absolute atomic E-state index is 0.0135. The Kier molecular flexibility index (Phi) is 7.07. The van der Waals surface area contributed by atoms with Crippen LogP contribution in [0.4, 0.5) is 4.79 Å². The van der Waals surface area contributed by atoms with Gasteiger partial charge in [-0.05, 0) is 55.8 Å². The van der Waals surface area contributed by atoms with Crippen LogP contribution in [-0.2, 0) is 19.3 Å². The SMILES string of the molecule is CSC(=O)N[B]C1CCCc2c(nnn2C[B][B]SC2CC2)CC1. The zero-order valence-electron chi connectivity index (χ0n) is 14.1. The quantitative estimate of drug-likeness (QED) is 0.597. The van der Waals surface area contributed by atoms with Gasteiger partial charge in [-0.2, -0.15) is 0 Å². The van der Waals surface area contributed by atoms with E-state index in [4.69, 9.17) is 0 Å². The van der Waals surface area contributed by atoms with Crippen LogP contribution in [0.2, 0.25) is 5.82 Å². The fourth-order valence-electron chi connectivity index (χ4n) is 2.91. The number of aryl methyl sites for hydroxylation is 1. The van der Waals surface area contributed by atoms with Crippen LogP contribution in [0.25, 0.3) is 0 Å². The van der Waals surface area contributed by atoms with Gasteiger partial charge in [-0.1, -0.05) is 23.4 Å². The lowest BCUT2D eigenvalue weighted by atomic mass is 9.54. The summed E-state index contributed by atoms with van der Waals surface area (Å²) in [5.74, 6) is 0.425. The summed E-state index contributed by atoms with van der Waals surface area (Å²) in [4.78, 5) is 11.4. The molecule has 2 aliphatic rings. The van der Waals surface area contributed by atoms with Crippen molar-refractivity contribution < 1.29 is 4.79 Å². The Labute approximate surface area is 154 Å². The van der Waals surface area contributed by atoms with Gasteiger partial charge in [-0.25, -0.2) is 11.6 Å². The first-order valence-electron chi connectivity index (χ1n) is 8.66. The summed E-state index contributed by atoms with van der Waals surface area (Å²) >= 11 is 3.15. The first-order chi connectivity index (χ1) is 11.8. The predicted molar refractivity (Wildman–Crippen MR) is 105 cm³/mol. The molecule has 0 bridgehead atoms. The molecule has 1 aromatic rings. The molecule has 5 nitrogen and oxygen atoms in total. The highest BCUT2D eigenvalue weighted by Gasteiger charge is 2.22. The number of aromatic nitrogens is 3. The van der Waals surface area contributed by atoms with E-state index < -0.39 is 0 Å². The number of rotatable bonds is 7. The number of hydrogen-bond acceptors (Lipinski definition) is 5. The summed E-state index contributed by atoms with van der Waals surface area (Å²) in [6.07, 6.45) is 12.8. The van der Waals surface area contributed by atoms with Crippen LogP contribution in [0, 0.1) is 0 Å². The molecule has 1 aromatic heterocycles. The molecule has 1 fully saturated rings. The Balaban J connectivity index is 1.46. The van der Waals surface area contributed by atoms with Crippen LogP contribution in [0.15, 0.2) is 0 Å². The van der Waals surface area contributed by atoms with E-state index in [1.807, 2.05) is 19.0 Å². The summed E-state index contributed by atoms with van der Waals surface area (Å²) in [5.41, 5.74) is 2.43. The topological polar surface area (TPSA) is 59.8 Å². The summed E-state index contributed by atoms with van der Waals surface area (Å²) in [7, 11) is 4.16. The Morgan fingerprint density at radius 3 is 3.00 bits per heavy atom. The summed E-state index contributed by atoms with van der Waals surface area (Å²) in [5, 5.41) is 12.5. The van der Waals surface area contributed by atoms with Gasteiger partial charge < -0.3 is 5.23 Å². The molecule has 0 spiro atoms. The number of nitrogens with one attached hydrogen (secondary N) is 1. The smallest absolute Gasteiger partial charge is 0.266 e. The molecule has 3 radical (unpaired) electrons. The van der Waals surface area contributed by atoms with E-state index in [-0.39, 0.29) is 5.24 Å². The number of thioether (sulfide) groups is 1. The van der Waals surface area contributed by atoms with Crippen molar-refractivity contribution in [2.75, 3.05) is 6.26 Å². The summed E-state index contributed by atoms with van der Waals surface area (Å²) in [6, 6.07) is 0. The molecule has 1 atom stereocenters. The third-order valence-corrected chi connectivity index (χ3v) is 6.15. The molecule has 2 aliphatic carbocycles. The Hall–Kier alpha value is -0.495. The monoisotopic (exact) mass is 359 g/mol. The largest absolute Gasteiger partial charge is 0.394 e. The average molecular weight is 359 g/mol. The van der Waals surface area contributed by atoms with Gasteiger partial charge in [0, 0.05) is 6.44 Å². The van der Waals surface area contributed by atoms with Crippen molar-refractivity contribution in [2.24, 2.45) is 0 Å². The second-order valence-electron chi connectivity index (χ2n) is 6.37. The fraction of sp³-hybridized carbons (Fsp3) is 0.786. The average Bonchev–Trinajstić information content (AvgIpc) is 3.33. The predicted octanol–water partition coefficient (Wildman–Crippen LogP) is 2.12. The number of fused-ring (bicyclic) bond motifs is 1. The van der Waals surface area contributed by atoms with Crippen LogP contribution in [0.5, 0.6) is 0 Å². The minimum atomic E-state index is 0.0135. The zero-order chi connectivity index (χ0) is 16.8. The molecule has 125 valence electrons. The van der Waals surface area contributed by atoms with Gasteiger partial charge in [0.1, 0.15) is 13.6 Å². The Morgan fingerprint density at radius 2 is 2.21 bits per heavy atom. The van der Waals surface area contributed by atoms with Crippen LogP contribution >= 0.6 is 23.4 Å². The van der Waals surface area contributed by atoms with Gasteiger partial charge in [0.15, 0.2) is 0 Å². The molecule has 1 N–H and O–H groups in total. The maximum absolute atomic E-state index is 11.4. The third-order valence-electron chi connectivity index (χ3n) is 4.45. The summed E-state index contributed by atoms with van der Waals surface area (Å²) < 4.78 is 2.05. The van der Waals surface area contributed by atoms with Crippen LogP contribution < -0.4 is 5.23 Å². The van der Waals surface area contributed by atoms with Gasteiger partial charge in [0.25, 0.3) is 12.7 Å². The molecular weight excluding hydrogens is 337 g/mol. The number of nitrogens with zero attached hydrogens (tertiary/aromatic N) is 3. The van der Waals surface area contributed by atoms with Gasteiger partial charge in [-0.15, -0.1) is 5.10 Å². The van der Waals surface area contributed by atoms with E-state index in [9.17, 15) is 4.79 Å². The van der Waals surface area contributed by atoms with Crippen molar-refractivity contribution in [1.82, 2.24) is 20.2 Å². The second-order valence-corrected chi connectivity index (χ2v) is 8.36. The first-order valence-corrected chi connectivity index (χ1v) is 10.8. The first kappa shape index (κ1) is 18.3. The van der Waals surface area contributed by atoms with E-state index in [0.29, 0.717) is 5.82 Å².